The molecule has 0 saturated heterocycles. The molecule has 2 rings (SSSR count). The van der Waals surface area contributed by atoms with Gasteiger partial charge in [0.15, 0.2) is 0 Å². The van der Waals surface area contributed by atoms with E-state index in [0.717, 1.165) is 0 Å². The lowest BCUT2D eigenvalue weighted by Crippen LogP contribution is -2.21. The van der Waals surface area contributed by atoms with Crippen LogP contribution in [0.2, 0.25) is 0 Å². The first-order valence-corrected chi connectivity index (χ1v) is 10.0. The molecule has 2 amide bonds. The van der Waals surface area contributed by atoms with Crippen molar-refractivity contribution in [3.05, 3.63) is 52.2 Å². The number of benzene rings is 2. The van der Waals surface area contributed by atoms with Gasteiger partial charge >= 0.3 is 5.97 Å². The lowest BCUT2D eigenvalue weighted by atomic mass is 10.1. The van der Waals surface area contributed by atoms with Crippen molar-refractivity contribution in [2.45, 2.75) is 6.92 Å². The molecule has 0 saturated carbocycles. The van der Waals surface area contributed by atoms with Crippen molar-refractivity contribution in [3.8, 4) is 0 Å². The zero-order chi connectivity index (χ0) is 18.7. The van der Waals surface area contributed by atoms with Crippen molar-refractivity contribution in [2.24, 2.45) is 0 Å². The molecule has 25 heavy (non-hydrogen) atoms. The maximum atomic E-state index is 12.8. The van der Waals surface area contributed by atoms with E-state index in [0.29, 0.717) is 22.1 Å². The number of rotatable bonds is 4. The number of carbonyl (C=O) groups excluding carboxylic acids is 2. The van der Waals surface area contributed by atoms with Crippen LogP contribution in [0.5, 0.6) is 0 Å². The zero-order valence-electron chi connectivity index (χ0n) is 12.7. The Kier molecular flexibility index (Phi) is 7.01. The first-order valence-electron chi connectivity index (χ1n) is 6.81. The van der Waals surface area contributed by atoms with E-state index >= 15 is 0 Å². The molecule has 0 spiro atoms. The first kappa shape index (κ1) is 20.4. The van der Waals surface area contributed by atoms with Gasteiger partial charge in [-0.05, 0) is 79.9 Å². The van der Waals surface area contributed by atoms with Gasteiger partial charge in [-0.25, -0.2) is 4.79 Å². The molecule has 0 fully saturated rings. The van der Waals surface area contributed by atoms with E-state index in [-0.39, 0.29) is 17.0 Å². The third kappa shape index (κ3) is 4.61. The molecule has 0 aliphatic carbocycles. The Labute approximate surface area is 184 Å². The molecule has 130 valence electrons. The monoisotopic (exact) mass is 676 g/mol. The third-order valence-electron chi connectivity index (χ3n) is 3.09. The topological polar surface area (TPSA) is 95.5 Å². The normalized spacial score (nSPS) is 10.2. The SMILES string of the molecule is CC(=O)Nc1c(I)c(C(=O)O)c(I)c(C(=O)Nc2ccccc2)c1I. The summed E-state index contributed by atoms with van der Waals surface area (Å²) in [4.78, 5) is 35.9. The van der Waals surface area contributed by atoms with Gasteiger partial charge in [0.25, 0.3) is 5.91 Å². The van der Waals surface area contributed by atoms with Crippen molar-refractivity contribution in [2.75, 3.05) is 10.6 Å². The minimum atomic E-state index is -1.16. The Morgan fingerprint density at radius 3 is 1.96 bits per heavy atom. The Morgan fingerprint density at radius 2 is 1.44 bits per heavy atom. The molecule has 2 aromatic carbocycles. The molecule has 0 aromatic heterocycles. The largest absolute Gasteiger partial charge is 0.478 e. The number of carbonyl (C=O) groups is 3. The van der Waals surface area contributed by atoms with Gasteiger partial charge in [0.1, 0.15) is 0 Å². The van der Waals surface area contributed by atoms with Gasteiger partial charge in [-0.1, -0.05) is 18.2 Å². The molecule has 0 atom stereocenters. The predicted octanol–water partition coefficient (Wildman–Crippen LogP) is 4.41. The third-order valence-corrected chi connectivity index (χ3v) is 6.33. The highest BCUT2D eigenvalue weighted by Crippen LogP contribution is 2.36. The fourth-order valence-corrected chi connectivity index (χ4v) is 6.44. The summed E-state index contributed by atoms with van der Waals surface area (Å²) in [7, 11) is 0. The van der Waals surface area contributed by atoms with Crippen LogP contribution in [0, 0.1) is 10.7 Å². The van der Waals surface area contributed by atoms with E-state index in [1.54, 1.807) is 24.3 Å². The van der Waals surface area contributed by atoms with Crippen LogP contribution < -0.4 is 10.6 Å². The van der Waals surface area contributed by atoms with Crippen molar-refractivity contribution in [1.82, 2.24) is 0 Å². The fourth-order valence-electron chi connectivity index (χ4n) is 2.05. The molecule has 0 bridgehead atoms. The Balaban J connectivity index is 2.63. The van der Waals surface area contributed by atoms with E-state index in [2.05, 4.69) is 10.6 Å². The number of carboxylic acid groups (broad SMARTS) is 1. The highest BCUT2D eigenvalue weighted by atomic mass is 127. The van der Waals surface area contributed by atoms with Crippen LogP contribution in [0.15, 0.2) is 30.3 Å². The number of para-hydroxylation sites is 1. The fraction of sp³-hybridized carbons (Fsp3) is 0.0625. The molecule has 3 N–H and O–H groups in total. The van der Waals surface area contributed by atoms with Gasteiger partial charge in [0.05, 0.1) is 24.0 Å². The molecule has 2 aromatic rings. The minimum absolute atomic E-state index is 0.0106. The standard InChI is InChI=1S/C16H11I3N2O4/c1-7(22)20-14-12(18)9(11(17)10(13(14)19)16(24)25)15(23)21-8-5-3-2-4-6-8/h2-6H,1H3,(H,20,22)(H,21,23)(H,24,25). The lowest BCUT2D eigenvalue weighted by Gasteiger charge is -2.17. The number of carboxylic acids is 1. The van der Waals surface area contributed by atoms with E-state index in [9.17, 15) is 19.5 Å². The summed E-state index contributed by atoms with van der Waals surface area (Å²) in [6.45, 7) is 1.33. The van der Waals surface area contributed by atoms with Gasteiger partial charge in [0, 0.05) is 16.2 Å². The molecule has 0 heterocycles. The second-order valence-electron chi connectivity index (χ2n) is 4.87. The number of anilines is 2. The highest BCUT2D eigenvalue weighted by Gasteiger charge is 2.28. The number of aromatic carboxylic acids is 1. The van der Waals surface area contributed by atoms with Crippen LogP contribution in [0.3, 0.4) is 0 Å². The maximum absolute atomic E-state index is 12.8. The summed E-state index contributed by atoms with van der Waals surface area (Å²) < 4.78 is 1.19. The van der Waals surface area contributed by atoms with Gasteiger partial charge < -0.3 is 15.7 Å². The smallest absolute Gasteiger partial charge is 0.337 e. The molecular weight excluding hydrogens is 665 g/mol. The molecule has 0 unspecified atom stereocenters. The van der Waals surface area contributed by atoms with Crippen LogP contribution in [-0.4, -0.2) is 22.9 Å². The Bertz CT molecular complexity index is 870. The second kappa shape index (κ2) is 8.62. The number of amides is 2. The average Bonchev–Trinajstić information content (AvgIpc) is 2.52. The van der Waals surface area contributed by atoms with Crippen molar-refractivity contribution >= 4 is 96.9 Å². The number of nitrogens with one attached hydrogen (secondary N) is 2. The van der Waals surface area contributed by atoms with Crippen LogP contribution in [0.4, 0.5) is 11.4 Å². The van der Waals surface area contributed by atoms with Gasteiger partial charge in [-0.2, -0.15) is 0 Å². The van der Waals surface area contributed by atoms with E-state index in [1.165, 1.54) is 6.92 Å². The van der Waals surface area contributed by atoms with E-state index in [4.69, 9.17) is 0 Å². The number of halogens is 3. The molecule has 0 aliphatic heterocycles. The predicted molar refractivity (Wildman–Crippen MR) is 120 cm³/mol. The summed E-state index contributed by atoms with van der Waals surface area (Å²) in [5.41, 5.74) is 1.12. The second-order valence-corrected chi connectivity index (χ2v) is 8.11. The van der Waals surface area contributed by atoms with E-state index < -0.39 is 11.9 Å². The minimum Gasteiger partial charge on any atom is -0.478 e. The summed E-state index contributed by atoms with van der Waals surface area (Å²) in [5.74, 6) is -1.95. The number of hydrogen-bond donors (Lipinski definition) is 3. The molecule has 0 radical (unpaired) electrons. The highest BCUT2D eigenvalue weighted by molar-refractivity contribution is 14.1. The van der Waals surface area contributed by atoms with Gasteiger partial charge in [-0.15, -0.1) is 0 Å². The van der Waals surface area contributed by atoms with Crippen LogP contribution in [-0.2, 0) is 4.79 Å². The lowest BCUT2D eigenvalue weighted by molar-refractivity contribution is -0.114. The zero-order valence-corrected chi connectivity index (χ0v) is 19.2. The average molecular weight is 676 g/mol. The molecular formula is C16H11I3N2O4. The summed E-state index contributed by atoms with van der Waals surface area (Å²) in [5, 5.41) is 14.9. The van der Waals surface area contributed by atoms with Crippen LogP contribution in [0.1, 0.15) is 27.6 Å². The summed E-state index contributed by atoms with van der Waals surface area (Å²) >= 11 is 5.66. The summed E-state index contributed by atoms with van der Waals surface area (Å²) in [6, 6.07) is 8.86. The van der Waals surface area contributed by atoms with Gasteiger partial charge in [-0.3, -0.25) is 9.59 Å². The van der Waals surface area contributed by atoms with Crippen LogP contribution in [0.25, 0.3) is 0 Å². The van der Waals surface area contributed by atoms with E-state index in [1.807, 2.05) is 73.8 Å². The molecule has 9 heteroatoms. The maximum Gasteiger partial charge on any atom is 0.337 e. The van der Waals surface area contributed by atoms with Crippen molar-refractivity contribution < 1.29 is 19.5 Å². The Hall–Kier alpha value is -0.960. The molecule has 6 nitrogen and oxygen atoms in total. The Morgan fingerprint density at radius 1 is 0.880 bits per heavy atom. The van der Waals surface area contributed by atoms with Crippen LogP contribution >= 0.6 is 67.8 Å². The number of hydrogen-bond acceptors (Lipinski definition) is 3. The quantitative estimate of drug-likeness (QED) is 0.419. The van der Waals surface area contributed by atoms with Crippen molar-refractivity contribution in [1.29, 1.82) is 0 Å². The molecule has 0 aliphatic rings. The van der Waals surface area contributed by atoms with Crippen molar-refractivity contribution in [3.63, 3.8) is 0 Å². The van der Waals surface area contributed by atoms with Gasteiger partial charge in [0.2, 0.25) is 5.91 Å². The summed E-state index contributed by atoms with van der Waals surface area (Å²) in [6.07, 6.45) is 0. The first-order chi connectivity index (χ1) is 11.7.